The largest absolute Gasteiger partial charge is 0.372 e. The van der Waals surface area contributed by atoms with E-state index in [4.69, 9.17) is 5.73 Å². The number of benzene rings is 1. The highest BCUT2D eigenvalue weighted by Crippen LogP contribution is 2.22. The van der Waals surface area contributed by atoms with Crippen LogP contribution in [0.2, 0.25) is 0 Å². The van der Waals surface area contributed by atoms with Crippen LogP contribution in [0.3, 0.4) is 0 Å². The molecule has 0 radical (unpaired) electrons. The molecule has 1 aliphatic heterocycles. The van der Waals surface area contributed by atoms with Gasteiger partial charge in [0, 0.05) is 18.8 Å². The molecule has 15 heavy (non-hydrogen) atoms. The second-order valence-corrected chi connectivity index (χ2v) is 4.14. The second kappa shape index (κ2) is 4.62. The van der Waals surface area contributed by atoms with Gasteiger partial charge in [-0.15, -0.1) is 0 Å². The van der Waals surface area contributed by atoms with Gasteiger partial charge in [-0.05, 0) is 49.6 Å². The van der Waals surface area contributed by atoms with Crippen molar-refractivity contribution in [2.24, 2.45) is 11.7 Å². The minimum Gasteiger partial charge on any atom is -0.372 e. The molecule has 0 spiro atoms. The van der Waals surface area contributed by atoms with Gasteiger partial charge in [0.05, 0.1) is 0 Å². The maximum absolute atomic E-state index is 12.7. The maximum atomic E-state index is 12.7. The molecule has 3 heteroatoms. The molecule has 2 nitrogen and oxygen atoms in total. The van der Waals surface area contributed by atoms with E-state index in [0.717, 1.165) is 38.2 Å². The molecule has 0 atom stereocenters. The van der Waals surface area contributed by atoms with Crippen molar-refractivity contribution in [3.63, 3.8) is 0 Å². The lowest BCUT2D eigenvalue weighted by molar-refractivity contribution is 0.414. The van der Waals surface area contributed by atoms with Gasteiger partial charge in [0.25, 0.3) is 0 Å². The molecule has 1 aromatic carbocycles. The van der Waals surface area contributed by atoms with Crippen LogP contribution in [0.4, 0.5) is 10.1 Å². The topological polar surface area (TPSA) is 29.3 Å². The van der Waals surface area contributed by atoms with Crippen LogP contribution in [0.15, 0.2) is 24.3 Å². The predicted molar refractivity (Wildman–Crippen MR) is 60.4 cm³/mol. The summed E-state index contributed by atoms with van der Waals surface area (Å²) < 4.78 is 12.7. The number of piperidine rings is 1. The molecule has 1 aromatic rings. The molecule has 1 heterocycles. The second-order valence-electron chi connectivity index (χ2n) is 4.14. The number of nitrogens with two attached hydrogens (primary N) is 1. The Bertz CT molecular complexity index is 302. The standard InChI is InChI=1S/C12H17FN2/c13-11-1-3-12(4-2-11)15-7-5-10(9-14)6-8-15/h1-4,10H,5-9,14H2. The average Bonchev–Trinajstić information content (AvgIpc) is 2.30. The lowest BCUT2D eigenvalue weighted by Gasteiger charge is -2.33. The Labute approximate surface area is 89.9 Å². The van der Waals surface area contributed by atoms with Crippen LogP contribution in [0.25, 0.3) is 0 Å². The van der Waals surface area contributed by atoms with Crippen LogP contribution >= 0.6 is 0 Å². The van der Waals surface area contributed by atoms with Crippen molar-refractivity contribution in [3.8, 4) is 0 Å². The van der Waals surface area contributed by atoms with Gasteiger partial charge in [-0.2, -0.15) is 0 Å². The molecule has 0 aromatic heterocycles. The molecule has 82 valence electrons. The number of anilines is 1. The monoisotopic (exact) mass is 208 g/mol. The van der Waals surface area contributed by atoms with E-state index in [1.807, 2.05) is 12.1 Å². The number of hydrogen-bond acceptors (Lipinski definition) is 2. The van der Waals surface area contributed by atoms with Gasteiger partial charge in [-0.25, -0.2) is 4.39 Å². The van der Waals surface area contributed by atoms with Crippen molar-refractivity contribution in [2.45, 2.75) is 12.8 Å². The third kappa shape index (κ3) is 2.48. The Morgan fingerprint density at radius 3 is 2.33 bits per heavy atom. The molecule has 1 aliphatic rings. The van der Waals surface area contributed by atoms with Crippen molar-refractivity contribution >= 4 is 5.69 Å². The highest BCUT2D eigenvalue weighted by Gasteiger charge is 2.17. The first-order valence-corrected chi connectivity index (χ1v) is 5.50. The smallest absolute Gasteiger partial charge is 0.123 e. The minimum absolute atomic E-state index is 0.171. The number of halogens is 1. The van der Waals surface area contributed by atoms with Crippen LogP contribution in [0.5, 0.6) is 0 Å². The van der Waals surface area contributed by atoms with Crippen LogP contribution in [0.1, 0.15) is 12.8 Å². The quantitative estimate of drug-likeness (QED) is 0.805. The summed E-state index contributed by atoms with van der Waals surface area (Å²) in [7, 11) is 0. The molecule has 0 amide bonds. The van der Waals surface area contributed by atoms with Crippen LogP contribution in [0, 0.1) is 11.7 Å². The summed E-state index contributed by atoms with van der Waals surface area (Å²) in [5, 5.41) is 0. The van der Waals surface area contributed by atoms with Crippen molar-refractivity contribution in [3.05, 3.63) is 30.1 Å². The first kappa shape index (κ1) is 10.4. The van der Waals surface area contributed by atoms with E-state index < -0.39 is 0 Å². The van der Waals surface area contributed by atoms with Gasteiger partial charge >= 0.3 is 0 Å². The van der Waals surface area contributed by atoms with E-state index in [1.54, 1.807) is 0 Å². The van der Waals surface area contributed by atoms with E-state index >= 15 is 0 Å². The normalized spacial score (nSPS) is 18.1. The van der Waals surface area contributed by atoms with Gasteiger partial charge in [0.2, 0.25) is 0 Å². The molecule has 2 N–H and O–H groups in total. The summed E-state index contributed by atoms with van der Waals surface area (Å²) in [5.74, 6) is 0.497. The first-order valence-electron chi connectivity index (χ1n) is 5.50. The van der Waals surface area contributed by atoms with E-state index in [9.17, 15) is 4.39 Å². The lowest BCUT2D eigenvalue weighted by atomic mass is 9.97. The average molecular weight is 208 g/mol. The summed E-state index contributed by atoms with van der Waals surface area (Å²) in [6.07, 6.45) is 2.29. The Kier molecular flexibility index (Phi) is 3.21. The van der Waals surface area contributed by atoms with Gasteiger partial charge in [-0.1, -0.05) is 0 Å². The van der Waals surface area contributed by atoms with Crippen LogP contribution in [-0.2, 0) is 0 Å². The van der Waals surface area contributed by atoms with Crippen molar-refractivity contribution in [2.75, 3.05) is 24.5 Å². The van der Waals surface area contributed by atoms with Crippen LogP contribution in [-0.4, -0.2) is 19.6 Å². The molecular weight excluding hydrogens is 191 g/mol. The fourth-order valence-corrected chi connectivity index (χ4v) is 2.08. The number of hydrogen-bond donors (Lipinski definition) is 1. The van der Waals surface area contributed by atoms with Crippen molar-refractivity contribution in [1.82, 2.24) is 0 Å². The van der Waals surface area contributed by atoms with E-state index in [2.05, 4.69) is 4.90 Å². The van der Waals surface area contributed by atoms with E-state index in [1.165, 1.54) is 12.1 Å². The van der Waals surface area contributed by atoms with E-state index in [0.29, 0.717) is 5.92 Å². The molecule has 2 rings (SSSR count). The zero-order chi connectivity index (χ0) is 10.7. The Balaban J connectivity index is 1.98. The molecule has 1 fully saturated rings. The van der Waals surface area contributed by atoms with Gasteiger partial charge in [0.15, 0.2) is 0 Å². The third-order valence-corrected chi connectivity index (χ3v) is 3.14. The lowest BCUT2D eigenvalue weighted by Crippen LogP contribution is -2.36. The van der Waals surface area contributed by atoms with Crippen LogP contribution < -0.4 is 10.6 Å². The third-order valence-electron chi connectivity index (χ3n) is 3.14. The fourth-order valence-electron chi connectivity index (χ4n) is 2.08. The minimum atomic E-state index is -0.171. The SMILES string of the molecule is NCC1CCN(c2ccc(F)cc2)CC1. The highest BCUT2D eigenvalue weighted by atomic mass is 19.1. The summed E-state index contributed by atoms with van der Waals surface area (Å²) >= 11 is 0. The molecule has 0 bridgehead atoms. The molecule has 0 unspecified atom stereocenters. The number of nitrogens with zero attached hydrogens (tertiary/aromatic N) is 1. The summed E-state index contributed by atoms with van der Waals surface area (Å²) in [6.45, 7) is 2.86. The molecular formula is C12H17FN2. The highest BCUT2D eigenvalue weighted by molar-refractivity contribution is 5.46. The number of rotatable bonds is 2. The van der Waals surface area contributed by atoms with Crippen molar-refractivity contribution in [1.29, 1.82) is 0 Å². The van der Waals surface area contributed by atoms with Gasteiger partial charge < -0.3 is 10.6 Å². The molecule has 0 saturated carbocycles. The summed E-state index contributed by atoms with van der Waals surface area (Å²) in [6, 6.07) is 6.73. The Morgan fingerprint density at radius 2 is 1.80 bits per heavy atom. The summed E-state index contributed by atoms with van der Waals surface area (Å²) in [5.41, 5.74) is 6.76. The van der Waals surface area contributed by atoms with Gasteiger partial charge in [-0.3, -0.25) is 0 Å². The fraction of sp³-hybridized carbons (Fsp3) is 0.500. The molecule has 0 aliphatic carbocycles. The zero-order valence-corrected chi connectivity index (χ0v) is 8.82. The Hall–Kier alpha value is -1.09. The maximum Gasteiger partial charge on any atom is 0.123 e. The van der Waals surface area contributed by atoms with Gasteiger partial charge in [0.1, 0.15) is 5.82 Å². The van der Waals surface area contributed by atoms with Crippen molar-refractivity contribution < 1.29 is 4.39 Å². The zero-order valence-electron chi connectivity index (χ0n) is 8.82. The molecule has 1 saturated heterocycles. The van der Waals surface area contributed by atoms with E-state index in [-0.39, 0.29) is 5.82 Å². The summed E-state index contributed by atoms with van der Waals surface area (Å²) in [4.78, 5) is 2.30. The predicted octanol–water partition coefficient (Wildman–Crippen LogP) is 2.00. The Morgan fingerprint density at radius 1 is 1.20 bits per heavy atom. The first-order chi connectivity index (χ1) is 7.29.